The first-order valence-electron chi connectivity index (χ1n) is 19.7. The molecule has 14 heteroatoms. The summed E-state index contributed by atoms with van der Waals surface area (Å²) in [4.78, 5) is 10.1. The molecule has 0 rings (SSSR count). The molecule has 12 nitrogen and oxygen atoms in total. The first kappa shape index (κ1) is 49.8. The Kier molecular flexibility index (Phi) is 37.8. The lowest BCUT2D eigenvalue weighted by Crippen LogP contribution is -2.49. The summed E-state index contributed by atoms with van der Waals surface area (Å²) in [5.74, 6) is 0. The Bertz CT molecular complexity index is 571. The number of hydrogen-bond donors (Lipinski definition) is 8. The smallest absolute Gasteiger partial charge is 0.373 e. The lowest BCUT2D eigenvalue weighted by Gasteiger charge is -2.35. The molecule has 0 spiro atoms. The summed E-state index contributed by atoms with van der Waals surface area (Å²) in [7, 11) is -0.835. The van der Waals surface area contributed by atoms with Crippen LogP contribution in [-0.4, -0.2) is 161 Å². The second-order valence-electron chi connectivity index (χ2n) is 13.4. The third kappa shape index (κ3) is 29.4. The van der Waals surface area contributed by atoms with Crippen LogP contribution in [0.15, 0.2) is 0 Å². The van der Waals surface area contributed by atoms with E-state index in [-0.39, 0.29) is 7.05 Å². The zero-order valence-electron chi connectivity index (χ0n) is 32.7. The van der Waals surface area contributed by atoms with E-state index in [1.165, 1.54) is 71.2 Å². The van der Waals surface area contributed by atoms with Gasteiger partial charge in [-0.2, -0.15) is 0 Å². The van der Waals surface area contributed by atoms with E-state index in [2.05, 4.69) is 57.8 Å². The summed E-state index contributed by atoms with van der Waals surface area (Å²) in [6.07, 6.45) is 11.8. The number of nitrogens with zero attached hydrogens (tertiary/aromatic N) is 4. The first-order valence-corrected chi connectivity index (χ1v) is 19.7. The highest BCUT2D eigenvalue weighted by Gasteiger charge is 2.21. The number of hydrogen-bond acceptors (Lipinski definition) is 12. The molecular formula is C34H84B2N10O2. The number of unbranched alkanes of at least 4 members (excludes halogenated alkanes) is 2. The monoisotopic (exact) mass is 687 g/mol. The fraction of sp³-hybridized carbons (Fsp3) is 1.00. The van der Waals surface area contributed by atoms with Crippen LogP contribution in [0.25, 0.3) is 0 Å². The van der Waals surface area contributed by atoms with Gasteiger partial charge >= 0.3 is 14.1 Å². The predicted molar refractivity (Wildman–Crippen MR) is 212 cm³/mol. The molecule has 0 aliphatic heterocycles. The highest BCUT2D eigenvalue weighted by Crippen LogP contribution is 2.14. The van der Waals surface area contributed by atoms with E-state index in [1.807, 2.05) is 0 Å². The van der Waals surface area contributed by atoms with Crippen LogP contribution in [0.1, 0.15) is 91.9 Å². The Balaban J connectivity index is 0. The van der Waals surface area contributed by atoms with Gasteiger partial charge in [0, 0.05) is 77.5 Å². The van der Waals surface area contributed by atoms with Crippen molar-refractivity contribution in [1.29, 1.82) is 0 Å². The number of nitrogens with two attached hydrogens (primary N) is 4. The molecule has 0 radical (unpaired) electrons. The summed E-state index contributed by atoms with van der Waals surface area (Å²) < 4.78 is 0. The molecule has 12 N–H and O–H groups in total. The number of nitrogens with one attached hydrogen (secondary N) is 2. The zero-order valence-corrected chi connectivity index (χ0v) is 32.7. The maximum Gasteiger partial charge on any atom is 0.373 e. The summed E-state index contributed by atoms with van der Waals surface area (Å²) in [6.45, 7) is 27.4. The molecule has 0 amide bonds. The maximum absolute atomic E-state index is 9.30. The van der Waals surface area contributed by atoms with Gasteiger partial charge in [-0.3, -0.25) is 14.7 Å². The molecule has 2 atom stereocenters. The standard InChI is InChI=1S/C19H44BN3O.C15H40BN7O/c1-6-14-22(15-7-2)18-19(23(16-8-3)17-9-4)12-10-11-13-21-20(5)24;1-16(24)21-9-3-2-4-15(23(12-7-19)13-8-20)14-22(10-5-17)11-6-18/h19,21,24H,6-18H2,1-5H3;15,21,24H,2-14,17-20H2,1H3. The molecule has 0 aromatic heterocycles. The molecule has 0 bridgehead atoms. The fourth-order valence-corrected chi connectivity index (χ4v) is 6.45. The molecule has 0 aromatic carbocycles. The van der Waals surface area contributed by atoms with Gasteiger partial charge in [0.1, 0.15) is 0 Å². The molecule has 0 aromatic rings. The highest BCUT2D eigenvalue weighted by molar-refractivity contribution is 6.45. The van der Waals surface area contributed by atoms with E-state index in [0.29, 0.717) is 38.3 Å². The molecule has 48 heavy (non-hydrogen) atoms. The van der Waals surface area contributed by atoms with Crippen LogP contribution >= 0.6 is 0 Å². The third-order valence-corrected chi connectivity index (χ3v) is 8.60. The van der Waals surface area contributed by atoms with Crippen molar-refractivity contribution >= 4 is 14.1 Å². The molecule has 0 fully saturated rings. The molecule has 0 saturated carbocycles. The minimum Gasteiger partial charge on any atom is -0.437 e. The van der Waals surface area contributed by atoms with Gasteiger partial charge in [0.05, 0.1) is 0 Å². The molecule has 0 aliphatic rings. The Labute approximate surface area is 299 Å². The van der Waals surface area contributed by atoms with Gasteiger partial charge in [0.2, 0.25) is 0 Å². The van der Waals surface area contributed by atoms with Gasteiger partial charge in [0.15, 0.2) is 0 Å². The summed E-state index contributed by atoms with van der Waals surface area (Å²) in [5.41, 5.74) is 23.0. The molecule has 288 valence electrons. The van der Waals surface area contributed by atoms with Crippen molar-refractivity contribution in [3.63, 3.8) is 0 Å². The Hall–Kier alpha value is -0.350. The van der Waals surface area contributed by atoms with Gasteiger partial charge < -0.3 is 48.3 Å². The normalized spacial score (nSPS) is 13.0. The van der Waals surface area contributed by atoms with Crippen molar-refractivity contribution in [1.82, 2.24) is 30.1 Å². The van der Waals surface area contributed by atoms with E-state index in [4.69, 9.17) is 22.9 Å². The second kappa shape index (κ2) is 36.4. The quantitative estimate of drug-likeness (QED) is 0.0358. The summed E-state index contributed by atoms with van der Waals surface area (Å²) >= 11 is 0. The van der Waals surface area contributed by atoms with Crippen molar-refractivity contribution in [2.24, 2.45) is 22.9 Å². The van der Waals surface area contributed by atoms with E-state index in [0.717, 1.165) is 71.5 Å². The average molecular weight is 687 g/mol. The van der Waals surface area contributed by atoms with Gasteiger partial charge in [-0.15, -0.1) is 0 Å². The lowest BCUT2D eigenvalue weighted by molar-refractivity contribution is 0.128. The Morgan fingerprint density at radius 3 is 1.15 bits per heavy atom. The fourth-order valence-electron chi connectivity index (χ4n) is 6.45. The molecule has 0 heterocycles. The second-order valence-corrected chi connectivity index (χ2v) is 13.4. The van der Waals surface area contributed by atoms with Crippen LogP contribution < -0.4 is 33.4 Å². The van der Waals surface area contributed by atoms with E-state index >= 15 is 0 Å². The minimum atomic E-state index is -0.448. The molecular weight excluding hydrogens is 602 g/mol. The van der Waals surface area contributed by atoms with Gasteiger partial charge in [0.25, 0.3) is 0 Å². The average Bonchev–Trinajstić information content (AvgIpc) is 3.03. The van der Waals surface area contributed by atoms with E-state index in [9.17, 15) is 10.0 Å². The van der Waals surface area contributed by atoms with Crippen molar-refractivity contribution in [3.05, 3.63) is 0 Å². The SMILES string of the molecule is CB(O)NCCCCC(CN(CCN)CCN)N(CCN)CCN.CCCN(CCC)CC(CCCCNB(C)O)N(CCC)CCC. The van der Waals surface area contributed by atoms with Crippen LogP contribution in [0.2, 0.25) is 13.6 Å². The largest absolute Gasteiger partial charge is 0.437 e. The maximum atomic E-state index is 9.30. The van der Waals surface area contributed by atoms with Crippen molar-refractivity contribution in [2.45, 2.75) is 118 Å². The van der Waals surface area contributed by atoms with Crippen LogP contribution in [0.4, 0.5) is 0 Å². The van der Waals surface area contributed by atoms with Crippen molar-refractivity contribution < 1.29 is 10.0 Å². The van der Waals surface area contributed by atoms with Gasteiger partial charge in [-0.25, -0.2) is 0 Å². The molecule has 0 saturated heterocycles. The Morgan fingerprint density at radius 2 is 0.833 bits per heavy atom. The third-order valence-electron chi connectivity index (χ3n) is 8.60. The Morgan fingerprint density at radius 1 is 0.500 bits per heavy atom. The van der Waals surface area contributed by atoms with Crippen molar-refractivity contribution in [3.8, 4) is 0 Å². The number of rotatable bonds is 34. The van der Waals surface area contributed by atoms with Crippen LogP contribution in [0, 0.1) is 0 Å². The van der Waals surface area contributed by atoms with Crippen molar-refractivity contribution in [2.75, 3.05) is 105 Å². The molecule has 2 unspecified atom stereocenters. The summed E-state index contributed by atoms with van der Waals surface area (Å²) in [6, 6.07) is 1.08. The molecule has 0 aliphatic carbocycles. The van der Waals surface area contributed by atoms with Crippen LogP contribution in [0.5, 0.6) is 0 Å². The van der Waals surface area contributed by atoms with Gasteiger partial charge in [-0.05, 0) is 104 Å². The first-order chi connectivity index (χ1) is 23.2. The summed E-state index contributed by atoms with van der Waals surface area (Å²) in [5, 5.41) is 24.7. The van der Waals surface area contributed by atoms with Crippen LogP contribution in [-0.2, 0) is 0 Å². The zero-order chi connectivity index (χ0) is 36.4. The van der Waals surface area contributed by atoms with E-state index < -0.39 is 7.05 Å². The topological polar surface area (TPSA) is 182 Å². The van der Waals surface area contributed by atoms with Gasteiger partial charge in [-0.1, -0.05) is 40.5 Å². The van der Waals surface area contributed by atoms with Crippen LogP contribution in [0.3, 0.4) is 0 Å². The highest BCUT2D eigenvalue weighted by atomic mass is 16.2. The van der Waals surface area contributed by atoms with E-state index in [1.54, 1.807) is 13.6 Å². The minimum absolute atomic E-state index is 0.387. The lowest BCUT2D eigenvalue weighted by atomic mass is 9.89. The predicted octanol–water partition coefficient (Wildman–Crippen LogP) is 1.13.